The van der Waals surface area contributed by atoms with Gasteiger partial charge in [0.2, 0.25) is 11.8 Å². The number of carbonyl (C=O) groups excluding carboxylic acids is 2. The molecule has 0 spiro atoms. The maximum atomic E-state index is 13.9. The molecule has 2 aliphatic rings. The zero-order valence-corrected chi connectivity index (χ0v) is 24.1. The summed E-state index contributed by atoms with van der Waals surface area (Å²) in [4.78, 5) is 34.7. The molecule has 1 saturated heterocycles. The molecule has 0 aliphatic carbocycles. The van der Waals surface area contributed by atoms with Crippen LogP contribution in [0.3, 0.4) is 0 Å². The summed E-state index contributed by atoms with van der Waals surface area (Å²) < 4.78 is 122. The Hall–Kier alpha value is -4.22. The van der Waals surface area contributed by atoms with E-state index in [1.54, 1.807) is 30.9 Å². The Labute approximate surface area is 255 Å². The lowest BCUT2D eigenvalue weighted by molar-refractivity contribution is -0.356. The first-order chi connectivity index (χ1) is 21.3. The van der Waals surface area contributed by atoms with Gasteiger partial charge in [-0.25, -0.2) is 0 Å². The van der Waals surface area contributed by atoms with Crippen molar-refractivity contribution in [2.45, 2.75) is 50.3 Å². The zero-order valence-electron chi connectivity index (χ0n) is 24.1. The molecule has 0 bridgehead atoms. The molecule has 0 N–H and O–H groups in total. The molecule has 9 nitrogen and oxygen atoms in total. The van der Waals surface area contributed by atoms with Gasteiger partial charge in [-0.1, -0.05) is 0 Å². The van der Waals surface area contributed by atoms with Crippen LogP contribution in [-0.2, 0) is 16.8 Å². The number of anilines is 1. The topological polar surface area (TPSA) is 95.7 Å². The summed E-state index contributed by atoms with van der Waals surface area (Å²) in [6.07, 6.45) is -8.08. The van der Waals surface area contributed by atoms with Crippen LogP contribution in [0, 0.1) is 0 Å². The molecule has 2 aliphatic heterocycles. The van der Waals surface area contributed by atoms with Gasteiger partial charge in [-0.3, -0.25) is 24.4 Å². The highest BCUT2D eigenvalue weighted by molar-refractivity contribution is 6.13. The lowest BCUT2D eigenvalue weighted by Gasteiger charge is -2.40. The predicted octanol–water partition coefficient (Wildman–Crippen LogP) is 5.48. The minimum Gasteiger partial charge on any atom is -0.415 e. The first-order valence-corrected chi connectivity index (χ1v) is 13.7. The van der Waals surface area contributed by atoms with Crippen LogP contribution in [0.25, 0.3) is 11.5 Å². The highest BCUT2D eigenvalue weighted by Gasteiger charge is 2.73. The summed E-state index contributed by atoms with van der Waals surface area (Å²) in [5.41, 5.74) is 0.411. The van der Waals surface area contributed by atoms with Gasteiger partial charge >= 0.3 is 24.4 Å². The van der Waals surface area contributed by atoms with Crippen molar-refractivity contribution < 1.29 is 53.5 Å². The summed E-state index contributed by atoms with van der Waals surface area (Å²) in [6.45, 7) is 0.760. The van der Waals surface area contributed by atoms with Gasteiger partial charge in [-0.05, 0) is 49.7 Å². The van der Waals surface area contributed by atoms with Crippen LogP contribution in [0.5, 0.6) is 0 Å². The monoisotopic (exact) mass is 664 g/mol. The number of aromatic nitrogens is 3. The number of hydrogen-bond donors (Lipinski definition) is 0. The molecular weight excluding hydrogens is 639 g/mol. The normalized spacial score (nSPS) is 18.0. The molecule has 0 saturated carbocycles. The van der Waals surface area contributed by atoms with E-state index in [2.05, 4.69) is 15.2 Å². The fourth-order valence-corrected chi connectivity index (χ4v) is 5.26. The van der Waals surface area contributed by atoms with Gasteiger partial charge in [-0.15, -0.1) is 10.2 Å². The molecule has 1 fully saturated rings. The van der Waals surface area contributed by atoms with E-state index in [-0.39, 0.29) is 49.7 Å². The van der Waals surface area contributed by atoms with E-state index in [0.717, 1.165) is 9.80 Å². The number of rotatable bonds is 8. The van der Waals surface area contributed by atoms with E-state index < -0.39 is 54.1 Å². The second-order valence-electron chi connectivity index (χ2n) is 11.4. The molecule has 46 heavy (non-hydrogen) atoms. The quantitative estimate of drug-likeness (QED) is 0.231. The summed E-state index contributed by atoms with van der Waals surface area (Å²) in [6, 6.07) is 7.57. The van der Waals surface area contributed by atoms with Crippen molar-refractivity contribution in [3.63, 3.8) is 0 Å². The van der Waals surface area contributed by atoms with Crippen molar-refractivity contribution in [2.75, 3.05) is 37.6 Å². The maximum Gasteiger partial charge on any atom is 0.459 e. The summed E-state index contributed by atoms with van der Waals surface area (Å²) >= 11 is 0. The molecule has 5 rings (SSSR count). The standard InChI is InChI=1S/C28H25F9N6O3/c1-25(2)19-11-17(42-9-7-41(8-10-42)14-26(31,32)27(33,34)28(35,36)37)5-6-18(19)23(44)43(24(25)45)13-16-4-3-15(12-38-16)21-39-40-22(46-21)20(29)30/h3-6,11-12,20H,7-10,13-14H2,1-2H3. The molecule has 1 aromatic carbocycles. The van der Waals surface area contributed by atoms with Gasteiger partial charge < -0.3 is 9.32 Å². The number of carbonyl (C=O) groups is 2. The molecule has 248 valence electrons. The minimum atomic E-state index is -6.40. The maximum absolute atomic E-state index is 13.9. The lowest BCUT2D eigenvalue weighted by Crippen LogP contribution is -2.59. The van der Waals surface area contributed by atoms with Crippen LogP contribution >= 0.6 is 0 Å². The van der Waals surface area contributed by atoms with Crippen molar-refractivity contribution in [3.05, 3.63) is 59.2 Å². The number of piperazine rings is 1. The van der Waals surface area contributed by atoms with Crippen molar-refractivity contribution >= 4 is 17.5 Å². The summed E-state index contributed by atoms with van der Waals surface area (Å²) in [5, 5.41) is 6.79. The van der Waals surface area contributed by atoms with Gasteiger partial charge in [0.1, 0.15) is 0 Å². The van der Waals surface area contributed by atoms with Crippen LogP contribution in [0.2, 0.25) is 0 Å². The number of benzene rings is 1. The molecule has 2 amide bonds. The summed E-state index contributed by atoms with van der Waals surface area (Å²) in [5.74, 6) is -13.7. The summed E-state index contributed by atoms with van der Waals surface area (Å²) in [7, 11) is 0. The number of nitrogens with zero attached hydrogens (tertiary/aromatic N) is 6. The average molecular weight is 665 g/mol. The second kappa shape index (κ2) is 11.5. The Morgan fingerprint density at radius 2 is 1.61 bits per heavy atom. The molecular formula is C28H25F9N6O3. The van der Waals surface area contributed by atoms with Crippen LogP contribution < -0.4 is 4.90 Å². The third-order valence-corrected chi connectivity index (χ3v) is 7.93. The molecule has 4 heterocycles. The number of pyridine rings is 1. The number of imide groups is 1. The van der Waals surface area contributed by atoms with Crippen LogP contribution in [0.15, 0.2) is 40.9 Å². The van der Waals surface area contributed by atoms with Gasteiger partial charge in [0.15, 0.2) is 0 Å². The van der Waals surface area contributed by atoms with Gasteiger partial charge in [0.25, 0.3) is 11.8 Å². The molecule has 2 aromatic heterocycles. The molecule has 0 radical (unpaired) electrons. The fraction of sp³-hybridized carbons (Fsp3) is 0.464. The average Bonchev–Trinajstić information content (AvgIpc) is 3.49. The van der Waals surface area contributed by atoms with Crippen molar-refractivity contribution in [3.8, 4) is 11.5 Å². The molecule has 18 heteroatoms. The Bertz CT molecular complexity index is 1620. The fourth-order valence-electron chi connectivity index (χ4n) is 5.26. The van der Waals surface area contributed by atoms with E-state index in [0.29, 0.717) is 16.9 Å². The van der Waals surface area contributed by atoms with Crippen molar-refractivity contribution in [1.29, 1.82) is 0 Å². The molecule has 0 atom stereocenters. The highest BCUT2D eigenvalue weighted by Crippen LogP contribution is 2.47. The van der Waals surface area contributed by atoms with Crippen LogP contribution in [0.4, 0.5) is 45.2 Å². The Kier molecular flexibility index (Phi) is 8.32. The number of amides is 2. The highest BCUT2D eigenvalue weighted by atomic mass is 19.4. The third-order valence-electron chi connectivity index (χ3n) is 7.93. The lowest BCUT2D eigenvalue weighted by atomic mass is 9.77. The number of hydrogen-bond acceptors (Lipinski definition) is 8. The van der Waals surface area contributed by atoms with Crippen molar-refractivity contribution in [2.24, 2.45) is 0 Å². The second-order valence-corrected chi connectivity index (χ2v) is 11.4. The minimum absolute atomic E-state index is 0.00953. The SMILES string of the molecule is CC1(C)C(=O)N(Cc2ccc(-c3nnc(C(F)F)o3)cn2)C(=O)c2ccc(N3CCN(CC(F)(F)C(F)(F)C(F)(F)F)CC3)cc21. The number of halogens is 9. The first-order valence-electron chi connectivity index (χ1n) is 13.7. The Morgan fingerprint density at radius 1 is 0.935 bits per heavy atom. The third kappa shape index (κ3) is 5.89. The van der Waals surface area contributed by atoms with E-state index in [1.165, 1.54) is 24.4 Å². The van der Waals surface area contributed by atoms with E-state index in [1.807, 2.05) is 0 Å². The number of fused-ring (bicyclic) bond motifs is 1. The van der Waals surface area contributed by atoms with Gasteiger partial charge in [0, 0.05) is 43.6 Å². The van der Waals surface area contributed by atoms with Gasteiger partial charge in [-0.2, -0.15) is 39.5 Å². The first kappa shape index (κ1) is 33.2. The van der Waals surface area contributed by atoms with Crippen LogP contribution in [-0.4, -0.2) is 87.5 Å². The smallest absolute Gasteiger partial charge is 0.415 e. The Balaban J connectivity index is 1.28. The number of alkyl halides is 9. The van der Waals surface area contributed by atoms with Gasteiger partial charge in [0.05, 0.1) is 29.8 Å². The van der Waals surface area contributed by atoms with E-state index in [4.69, 9.17) is 4.42 Å². The van der Waals surface area contributed by atoms with Crippen LogP contribution in [0.1, 0.15) is 47.8 Å². The predicted molar refractivity (Wildman–Crippen MR) is 141 cm³/mol. The van der Waals surface area contributed by atoms with E-state index >= 15 is 0 Å². The zero-order chi connectivity index (χ0) is 33.8. The Morgan fingerprint density at radius 3 is 2.17 bits per heavy atom. The molecule has 0 unspecified atom stereocenters. The van der Waals surface area contributed by atoms with E-state index in [9.17, 15) is 49.1 Å². The largest absolute Gasteiger partial charge is 0.459 e. The van der Waals surface area contributed by atoms with Crippen molar-refractivity contribution in [1.82, 2.24) is 25.0 Å². The molecule has 3 aromatic rings.